The summed E-state index contributed by atoms with van der Waals surface area (Å²) in [5, 5.41) is 5.75. The second kappa shape index (κ2) is 7.05. The Balaban J connectivity index is 2.24. The number of amides is 2. The van der Waals surface area contributed by atoms with Crippen molar-refractivity contribution in [2.45, 2.75) is 47.1 Å². The van der Waals surface area contributed by atoms with Crippen LogP contribution in [0, 0.1) is 20.8 Å². The minimum Gasteiger partial charge on any atom is -0.346 e. The van der Waals surface area contributed by atoms with Crippen LogP contribution in [0.25, 0.3) is 0 Å². The van der Waals surface area contributed by atoms with Crippen LogP contribution in [0.15, 0.2) is 30.3 Å². The Kier molecular flexibility index (Phi) is 5.26. The molecule has 0 unspecified atom stereocenters. The number of carbonyl (C=O) groups excluding carboxylic acids is 2. The summed E-state index contributed by atoms with van der Waals surface area (Å²) >= 11 is 0. The molecule has 1 aromatic carbocycles. The van der Waals surface area contributed by atoms with Gasteiger partial charge < -0.3 is 10.6 Å². The average molecular weight is 339 g/mol. The van der Waals surface area contributed by atoms with Crippen LogP contribution in [0.4, 0.5) is 5.69 Å². The van der Waals surface area contributed by atoms with Gasteiger partial charge >= 0.3 is 0 Å². The molecule has 132 valence electrons. The van der Waals surface area contributed by atoms with Gasteiger partial charge in [-0.15, -0.1) is 0 Å². The highest BCUT2D eigenvalue weighted by atomic mass is 16.2. The maximum absolute atomic E-state index is 12.6. The monoisotopic (exact) mass is 339 g/mol. The first-order valence-corrected chi connectivity index (χ1v) is 8.25. The normalized spacial score (nSPS) is 11.1. The molecule has 0 bridgehead atoms. The Hall–Kier alpha value is -2.69. The summed E-state index contributed by atoms with van der Waals surface area (Å²) in [5.41, 5.74) is 3.97. The standard InChI is InChI=1S/C20H25N3O2/c1-12-10-13(2)17(14(3)11-12)22-18(24)15-8-7-9-16(21-15)19(25)23-20(4,5)6/h7-11H,1-6H3,(H,22,24)(H,23,25). The number of hydrogen-bond acceptors (Lipinski definition) is 3. The highest BCUT2D eigenvalue weighted by Crippen LogP contribution is 2.22. The van der Waals surface area contributed by atoms with E-state index in [0.29, 0.717) is 0 Å². The fourth-order valence-corrected chi connectivity index (χ4v) is 2.65. The molecule has 0 aliphatic rings. The van der Waals surface area contributed by atoms with Crippen LogP contribution in [0.3, 0.4) is 0 Å². The lowest BCUT2D eigenvalue weighted by Crippen LogP contribution is -2.41. The molecule has 2 amide bonds. The lowest BCUT2D eigenvalue weighted by atomic mass is 10.0. The maximum atomic E-state index is 12.6. The quantitative estimate of drug-likeness (QED) is 0.894. The van der Waals surface area contributed by atoms with E-state index in [-0.39, 0.29) is 28.7 Å². The minimum atomic E-state index is -0.368. The molecule has 1 aromatic heterocycles. The van der Waals surface area contributed by atoms with Crippen LogP contribution in [-0.2, 0) is 0 Å². The van der Waals surface area contributed by atoms with E-state index in [2.05, 4.69) is 15.6 Å². The molecule has 25 heavy (non-hydrogen) atoms. The zero-order valence-corrected chi connectivity index (χ0v) is 15.7. The number of aryl methyl sites for hydroxylation is 3. The van der Waals surface area contributed by atoms with Crippen molar-refractivity contribution in [3.05, 3.63) is 58.4 Å². The number of hydrogen-bond donors (Lipinski definition) is 2. The molecule has 5 heteroatoms. The third-order valence-electron chi connectivity index (χ3n) is 3.62. The van der Waals surface area contributed by atoms with E-state index in [9.17, 15) is 9.59 Å². The van der Waals surface area contributed by atoms with Crippen LogP contribution < -0.4 is 10.6 Å². The van der Waals surface area contributed by atoms with Crippen LogP contribution >= 0.6 is 0 Å². The number of aromatic nitrogens is 1. The van der Waals surface area contributed by atoms with E-state index < -0.39 is 0 Å². The molecule has 0 spiro atoms. The van der Waals surface area contributed by atoms with E-state index in [1.165, 1.54) is 0 Å². The summed E-state index contributed by atoms with van der Waals surface area (Å²) < 4.78 is 0. The Morgan fingerprint density at radius 1 is 0.920 bits per heavy atom. The molecule has 0 aliphatic carbocycles. The molecule has 0 saturated heterocycles. The van der Waals surface area contributed by atoms with E-state index >= 15 is 0 Å². The fraction of sp³-hybridized carbons (Fsp3) is 0.350. The van der Waals surface area contributed by atoms with E-state index in [1.54, 1.807) is 18.2 Å². The van der Waals surface area contributed by atoms with Gasteiger partial charge in [0, 0.05) is 11.2 Å². The molecule has 0 atom stereocenters. The van der Waals surface area contributed by atoms with E-state index in [4.69, 9.17) is 0 Å². The minimum absolute atomic E-state index is 0.209. The third-order valence-corrected chi connectivity index (χ3v) is 3.62. The van der Waals surface area contributed by atoms with Gasteiger partial charge in [0.15, 0.2) is 0 Å². The lowest BCUT2D eigenvalue weighted by Gasteiger charge is -2.20. The van der Waals surface area contributed by atoms with Crippen molar-refractivity contribution in [3.63, 3.8) is 0 Å². The number of carbonyl (C=O) groups is 2. The largest absolute Gasteiger partial charge is 0.346 e. The van der Waals surface area contributed by atoms with Crippen molar-refractivity contribution in [2.24, 2.45) is 0 Å². The van der Waals surface area contributed by atoms with Crippen LogP contribution in [0.1, 0.15) is 58.4 Å². The zero-order chi connectivity index (χ0) is 18.8. The molecule has 0 aliphatic heterocycles. The van der Waals surface area contributed by atoms with Crippen molar-refractivity contribution in [3.8, 4) is 0 Å². The first-order valence-electron chi connectivity index (χ1n) is 8.25. The molecule has 0 fully saturated rings. The third kappa shape index (κ3) is 4.89. The van der Waals surface area contributed by atoms with Crippen LogP contribution in [0.5, 0.6) is 0 Å². The number of rotatable bonds is 3. The average Bonchev–Trinajstić information content (AvgIpc) is 2.49. The molecular weight excluding hydrogens is 314 g/mol. The predicted octanol–water partition coefficient (Wildman–Crippen LogP) is 3.79. The fourth-order valence-electron chi connectivity index (χ4n) is 2.65. The van der Waals surface area contributed by atoms with Crippen LogP contribution in [-0.4, -0.2) is 22.3 Å². The molecule has 0 saturated carbocycles. The SMILES string of the molecule is Cc1cc(C)c(NC(=O)c2cccc(C(=O)NC(C)(C)C)n2)c(C)c1. The second-order valence-corrected chi connectivity index (χ2v) is 7.34. The molecule has 5 nitrogen and oxygen atoms in total. The molecule has 2 N–H and O–H groups in total. The summed E-state index contributed by atoms with van der Waals surface area (Å²) in [6, 6.07) is 8.89. The highest BCUT2D eigenvalue weighted by molar-refractivity contribution is 6.04. The number of nitrogens with zero attached hydrogens (tertiary/aromatic N) is 1. The predicted molar refractivity (Wildman–Crippen MR) is 100 cm³/mol. The summed E-state index contributed by atoms with van der Waals surface area (Å²) in [5.74, 6) is -0.634. The molecule has 1 heterocycles. The number of nitrogens with one attached hydrogen (secondary N) is 2. The maximum Gasteiger partial charge on any atom is 0.274 e. The molecule has 0 radical (unpaired) electrons. The van der Waals surface area contributed by atoms with Gasteiger partial charge in [0.05, 0.1) is 0 Å². The van der Waals surface area contributed by atoms with Gasteiger partial charge in [-0.25, -0.2) is 4.98 Å². The van der Waals surface area contributed by atoms with Gasteiger partial charge in [0.2, 0.25) is 0 Å². The number of benzene rings is 1. The number of pyridine rings is 1. The van der Waals surface area contributed by atoms with Crippen molar-refractivity contribution in [1.82, 2.24) is 10.3 Å². The van der Waals surface area contributed by atoms with E-state index in [1.807, 2.05) is 53.7 Å². The first-order chi connectivity index (χ1) is 11.6. The van der Waals surface area contributed by atoms with Gasteiger partial charge in [-0.05, 0) is 64.8 Å². The summed E-state index contributed by atoms with van der Waals surface area (Å²) in [4.78, 5) is 29.0. The Morgan fingerprint density at radius 2 is 1.44 bits per heavy atom. The van der Waals surface area contributed by atoms with Gasteiger partial charge in [0.1, 0.15) is 11.4 Å². The lowest BCUT2D eigenvalue weighted by molar-refractivity contribution is 0.0914. The molecule has 2 aromatic rings. The van der Waals surface area contributed by atoms with E-state index in [0.717, 1.165) is 22.4 Å². The summed E-state index contributed by atoms with van der Waals surface area (Å²) in [6.45, 7) is 11.6. The van der Waals surface area contributed by atoms with Crippen molar-refractivity contribution in [2.75, 3.05) is 5.32 Å². The van der Waals surface area contributed by atoms with Crippen LogP contribution in [0.2, 0.25) is 0 Å². The van der Waals surface area contributed by atoms with Crippen molar-refractivity contribution >= 4 is 17.5 Å². The number of anilines is 1. The Morgan fingerprint density at radius 3 is 1.96 bits per heavy atom. The summed E-state index contributed by atoms with van der Waals surface area (Å²) in [7, 11) is 0. The smallest absolute Gasteiger partial charge is 0.274 e. The Labute approximate surface area is 148 Å². The van der Waals surface area contributed by atoms with Gasteiger partial charge in [-0.3, -0.25) is 9.59 Å². The zero-order valence-electron chi connectivity index (χ0n) is 15.7. The molecular formula is C20H25N3O2. The Bertz CT molecular complexity index is 797. The molecule has 2 rings (SSSR count). The first kappa shape index (κ1) is 18.6. The highest BCUT2D eigenvalue weighted by Gasteiger charge is 2.18. The topological polar surface area (TPSA) is 71.1 Å². The van der Waals surface area contributed by atoms with Gasteiger partial charge in [0.25, 0.3) is 11.8 Å². The second-order valence-electron chi connectivity index (χ2n) is 7.34. The van der Waals surface area contributed by atoms with Gasteiger partial charge in [-0.2, -0.15) is 0 Å². The van der Waals surface area contributed by atoms with Gasteiger partial charge in [-0.1, -0.05) is 23.8 Å². The van der Waals surface area contributed by atoms with Crippen molar-refractivity contribution in [1.29, 1.82) is 0 Å². The van der Waals surface area contributed by atoms with Crippen molar-refractivity contribution < 1.29 is 9.59 Å². The summed E-state index contributed by atoms with van der Waals surface area (Å²) in [6.07, 6.45) is 0.